The van der Waals surface area contributed by atoms with Crippen LogP contribution in [0.4, 0.5) is 4.39 Å². The molecule has 0 unspecified atom stereocenters. The van der Waals surface area contributed by atoms with E-state index >= 15 is 0 Å². The van der Waals surface area contributed by atoms with Crippen molar-refractivity contribution in [2.75, 3.05) is 26.2 Å². The SMILES string of the molecule is Cn1c(C(=O)N2CCN(Cc3ccc(F)cc3)CC2)cc2oc(Br)cc21. The van der Waals surface area contributed by atoms with Gasteiger partial charge >= 0.3 is 0 Å². The highest BCUT2D eigenvalue weighted by Crippen LogP contribution is 2.27. The number of aromatic nitrogens is 1. The molecule has 1 aliphatic heterocycles. The van der Waals surface area contributed by atoms with Crippen molar-refractivity contribution in [3.63, 3.8) is 0 Å². The third-order valence-corrected chi connectivity index (χ3v) is 5.29. The van der Waals surface area contributed by atoms with Crippen molar-refractivity contribution in [1.82, 2.24) is 14.4 Å². The van der Waals surface area contributed by atoms with Gasteiger partial charge in [-0.3, -0.25) is 9.69 Å². The summed E-state index contributed by atoms with van der Waals surface area (Å²) in [6.45, 7) is 3.73. The standard InChI is InChI=1S/C19H19BrFN3O2/c1-22-15-11-18(20)26-17(15)10-16(22)19(25)24-8-6-23(7-9-24)12-13-2-4-14(21)5-3-13/h2-5,10-11H,6-9,12H2,1H3. The first-order valence-electron chi connectivity index (χ1n) is 8.52. The highest BCUT2D eigenvalue weighted by atomic mass is 79.9. The highest BCUT2D eigenvalue weighted by molar-refractivity contribution is 9.10. The summed E-state index contributed by atoms with van der Waals surface area (Å²) < 4.78 is 21.1. The average Bonchev–Trinajstić information content (AvgIpc) is 3.14. The van der Waals surface area contributed by atoms with Crippen molar-refractivity contribution in [2.24, 2.45) is 7.05 Å². The molecule has 26 heavy (non-hydrogen) atoms. The fraction of sp³-hybridized carbons (Fsp3) is 0.316. The summed E-state index contributed by atoms with van der Waals surface area (Å²) in [6, 6.07) is 10.3. The number of furan rings is 1. The van der Waals surface area contributed by atoms with Gasteiger partial charge in [0.1, 0.15) is 11.5 Å². The summed E-state index contributed by atoms with van der Waals surface area (Å²) in [6.07, 6.45) is 0. The molecule has 1 aliphatic rings. The first-order chi connectivity index (χ1) is 12.5. The molecule has 0 saturated carbocycles. The van der Waals surface area contributed by atoms with Crippen LogP contribution >= 0.6 is 15.9 Å². The molecule has 0 atom stereocenters. The Labute approximate surface area is 159 Å². The van der Waals surface area contributed by atoms with E-state index in [2.05, 4.69) is 20.8 Å². The molecule has 4 rings (SSSR count). The van der Waals surface area contributed by atoms with Gasteiger partial charge in [0, 0.05) is 51.9 Å². The summed E-state index contributed by atoms with van der Waals surface area (Å²) in [7, 11) is 1.88. The van der Waals surface area contributed by atoms with E-state index in [-0.39, 0.29) is 11.7 Å². The fourth-order valence-electron chi connectivity index (χ4n) is 3.41. The Morgan fingerprint density at radius 2 is 1.85 bits per heavy atom. The molecule has 0 bridgehead atoms. The molecule has 1 aromatic carbocycles. The zero-order valence-corrected chi connectivity index (χ0v) is 16.0. The molecule has 0 N–H and O–H groups in total. The highest BCUT2D eigenvalue weighted by Gasteiger charge is 2.25. The number of carbonyl (C=O) groups is 1. The van der Waals surface area contributed by atoms with Gasteiger partial charge < -0.3 is 13.9 Å². The van der Waals surface area contributed by atoms with Crippen LogP contribution in [-0.4, -0.2) is 46.5 Å². The van der Waals surface area contributed by atoms with Crippen LogP contribution in [-0.2, 0) is 13.6 Å². The molecule has 7 heteroatoms. The molecule has 3 heterocycles. The van der Waals surface area contributed by atoms with Gasteiger partial charge in [-0.1, -0.05) is 12.1 Å². The lowest BCUT2D eigenvalue weighted by Crippen LogP contribution is -2.48. The zero-order valence-electron chi connectivity index (χ0n) is 14.4. The van der Waals surface area contributed by atoms with E-state index in [0.717, 1.165) is 30.7 Å². The number of carbonyl (C=O) groups excluding carboxylic acids is 1. The van der Waals surface area contributed by atoms with Crippen molar-refractivity contribution >= 4 is 32.9 Å². The molecule has 2 aromatic heterocycles. The number of piperazine rings is 1. The van der Waals surface area contributed by atoms with Gasteiger partial charge in [0.15, 0.2) is 10.3 Å². The van der Waals surface area contributed by atoms with Gasteiger partial charge in [-0.05, 0) is 33.6 Å². The van der Waals surface area contributed by atoms with Crippen LogP contribution in [0.15, 0.2) is 45.5 Å². The minimum Gasteiger partial charge on any atom is -0.448 e. The van der Waals surface area contributed by atoms with E-state index in [4.69, 9.17) is 4.42 Å². The molecule has 1 saturated heterocycles. The second-order valence-corrected chi connectivity index (χ2v) is 7.36. The maximum atomic E-state index is 13.0. The van der Waals surface area contributed by atoms with E-state index < -0.39 is 0 Å². The Balaban J connectivity index is 1.40. The number of benzene rings is 1. The number of amides is 1. The van der Waals surface area contributed by atoms with Crippen LogP contribution in [0.2, 0.25) is 0 Å². The number of hydrogen-bond donors (Lipinski definition) is 0. The molecule has 136 valence electrons. The Morgan fingerprint density at radius 3 is 2.50 bits per heavy atom. The first kappa shape index (κ1) is 17.3. The number of nitrogens with zero attached hydrogens (tertiary/aromatic N) is 3. The lowest BCUT2D eigenvalue weighted by atomic mass is 10.2. The van der Waals surface area contributed by atoms with E-state index in [1.165, 1.54) is 12.1 Å². The van der Waals surface area contributed by atoms with Crippen LogP contribution in [0.3, 0.4) is 0 Å². The van der Waals surface area contributed by atoms with Gasteiger partial charge in [0.25, 0.3) is 5.91 Å². The predicted octanol–water partition coefficient (Wildman–Crippen LogP) is 3.63. The maximum absolute atomic E-state index is 13.0. The molecule has 0 radical (unpaired) electrons. The molecule has 0 aliphatic carbocycles. The predicted molar refractivity (Wildman–Crippen MR) is 100 cm³/mol. The number of hydrogen-bond acceptors (Lipinski definition) is 3. The number of aryl methyl sites for hydroxylation is 1. The summed E-state index contributed by atoms with van der Waals surface area (Å²) >= 11 is 3.31. The molecule has 1 amide bonds. The van der Waals surface area contributed by atoms with Gasteiger partial charge in [0.05, 0.1) is 5.52 Å². The second kappa shape index (κ2) is 6.89. The van der Waals surface area contributed by atoms with Gasteiger partial charge in [-0.2, -0.15) is 0 Å². The third-order valence-electron chi connectivity index (χ3n) is 4.90. The Bertz CT molecular complexity index is 940. The van der Waals surface area contributed by atoms with Crippen molar-refractivity contribution in [3.8, 4) is 0 Å². The number of rotatable bonds is 3. The van der Waals surface area contributed by atoms with Crippen molar-refractivity contribution in [3.05, 3.63) is 58.1 Å². The monoisotopic (exact) mass is 419 g/mol. The summed E-state index contributed by atoms with van der Waals surface area (Å²) in [5, 5.41) is 0. The molecular weight excluding hydrogens is 401 g/mol. The third kappa shape index (κ3) is 3.29. The normalized spacial score (nSPS) is 15.7. The van der Waals surface area contributed by atoms with Gasteiger partial charge in [-0.15, -0.1) is 0 Å². The van der Waals surface area contributed by atoms with E-state index in [9.17, 15) is 9.18 Å². The van der Waals surface area contributed by atoms with E-state index in [1.807, 2.05) is 34.7 Å². The van der Waals surface area contributed by atoms with Crippen molar-refractivity contribution in [1.29, 1.82) is 0 Å². The summed E-state index contributed by atoms with van der Waals surface area (Å²) in [5.74, 6) is -0.194. The van der Waals surface area contributed by atoms with Crippen LogP contribution < -0.4 is 0 Å². The second-order valence-electron chi connectivity index (χ2n) is 6.58. The van der Waals surface area contributed by atoms with Crippen LogP contribution in [0.1, 0.15) is 16.1 Å². The molecule has 3 aromatic rings. The number of fused-ring (bicyclic) bond motifs is 1. The Hall–Kier alpha value is -2.12. The van der Waals surface area contributed by atoms with Crippen molar-refractivity contribution in [2.45, 2.75) is 6.54 Å². The maximum Gasteiger partial charge on any atom is 0.270 e. The Morgan fingerprint density at radius 1 is 1.15 bits per heavy atom. The summed E-state index contributed by atoms with van der Waals surface area (Å²) in [4.78, 5) is 17.0. The molecule has 0 spiro atoms. The average molecular weight is 420 g/mol. The lowest BCUT2D eigenvalue weighted by molar-refractivity contribution is 0.0619. The minimum atomic E-state index is -0.218. The number of halogens is 2. The zero-order chi connectivity index (χ0) is 18.3. The quantitative estimate of drug-likeness (QED) is 0.650. The van der Waals surface area contributed by atoms with E-state index in [1.54, 1.807) is 6.07 Å². The van der Waals surface area contributed by atoms with Crippen molar-refractivity contribution < 1.29 is 13.6 Å². The molecule has 1 fully saturated rings. The molecule has 5 nitrogen and oxygen atoms in total. The smallest absolute Gasteiger partial charge is 0.270 e. The lowest BCUT2D eigenvalue weighted by Gasteiger charge is -2.34. The summed E-state index contributed by atoms with van der Waals surface area (Å²) in [5.41, 5.74) is 3.32. The first-order valence-corrected chi connectivity index (χ1v) is 9.31. The fourth-order valence-corrected chi connectivity index (χ4v) is 3.80. The van der Waals surface area contributed by atoms with Crippen LogP contribution in [0, 0.1) is 5.82 Å². The van der Waals surface area contributed by atoms with Gasteiger partial charge in [-0.25, -0.2) is 4.39 Å². The van der Waals surface area contributed by atoms with Crippen LogP contribution in [0.25, 0.3) is 11.1 Å². The van der Waals surface area contributed by atoms with E-state index in [0.29, 0.717) is 29.0 Å². The molecular formula is C19H19BrFN3O2. The minimum absolute atomic E-state index is 0.0245. The topological polar surface area (TPSA) is 41.6 Å². The largest absolute Gasteiger partial charge is 0.448 e. The van der Waals surface area contributed by atoms with Gasteiger partial charge in [0.2, 0.25) is 0 Å². The Kier molecular flexibility index (Phi) is 4.58. The van der Waals surface area contributed by atoms with Crippen LogP contribution in [0.5, 0.6) is 0 Å².